The molecule has 4 rings (SSSR count). The highest BCUT2D eigenvalue weighted by molar-refractivity contribution is 7.87. The second-order valence-corrected chi connectivity index (χ2v) is 11.3. The van der Waals surface area contributed by atoms with Crippen LogP contribution in [0.2, 0.25) is 0 Å². The van der Waals surface area contributed by atoms with Crippen LogP contribution in [0.1, 0.15) is 60.1 Å². The SMILES string of the molecule is Cc1c(C(=O)N(O)C2CCCCC2)nn(-c2cccc(C#N)c2)c1-c1ccc(OS(=O)(=O)CCC(F)(F)F)cc1. The molecule has 0 atom stereocenters. The highest BCUT2D eigenvalue weighted by Gasteiger charge is 2.32. The number of carbonyl (C=O) groups excluding carboxylic acids is 1. The molecule has 13 heteroatoms. The van der Waals surface area contributed by atoms with Crippen molar-refractivity contribution in [1.82, 2.24) is 14.8 Å². The van der Waals surface area contributed by atoms with E-state index in [0.717, 1.165) is 24.3 Å². The molecule has 0 spiro atoms. The molecule has 3 aromatic rings. The maximum atomic E-state index is 13.3. The lowest BCUT2D eigenvalue weighted by atomic mass is 9.95. The van der Waals surface area contributed by atoms with Crippen molar-refractivity contribution in [1.29, 1.82) is 5.26 Å². The van der Waals surface area contributed by atoms with Crippen molar-refractivity contribution in [3.63, 3.8) is 0 Å². The quantitative estimate of drug-likeness (QED) is 0.212. The van der Waals surface area contributed by atoms with Crippen LogP contribution in [-0.2, 0) is 10.1 Å². The lowest BCUT2D eigenvalue weighted by molar-refractivity contribution is -0.130. The summed E-state index contributed by atoms with van der Waals surface area (Å²) in [5, 5.41) is 25.3. The van der Waals surface area contributed by atoms with Gasteiger partial charge in [0, 0.05) is 11.1 Å². The monoisotopic (exact) mass is 576 g/mol. The molecule has 1 amide bonds. The van der Waals surface area contributed by atoms with Crippen molar-refractivity contribution in [2.75, 3.05) is 5.75 Å². The van der Waals surface area contributed by atoms with Crippen LogP contribution >= 0.6 is 0 Å². The van der Waals surface area contributed by atoms with Crippen LogP contribution in [0.15, 0.2) is 48.5 Å². The first-order valence-electron chi connectivity index (χ1n) is 12.6. The average molecular weight is 577 g/mol. The van der Waals surface area contributed by atoms with Gasteiger partial charge in [0.1, 0.15) is 5.75 Å². The molecule has 1 fully saturated rings. The van der Waals surface area contributed by atoms with E-state index in [1.165, 1.54) is 28.9 Å². The van der Waals surface area contributed by atoms with Gasteiger partial charge in [-0.15, -0.1) is 0 Å². The zero-order valence-corrected chi connectivity index (χ0v) is 22.4. The van der Waals surface area contributed by atoms with E-state index in [1.54, 1.807) is 31.2 Å². The molecule has 0 bridgehead atoms. The van der Waals surface area contributed by atoms with Crippen LogP contribution in [0.25, 0.3) is 16.9 Å². The lowest BCUT2D eigenvalue weighted by Gasteiger charge is -2.28. The minimum atomic E-state index is -4.64. The van der Waals surface area contributed by atoms with Crippen molar-refractivity contribution in [2.45, 2.75) is 57.7 Å². The van der Waals surface area contributed by atoms with Gasteiger partial charge in [-0.2, -0.15) is 31.9 Å². The standard InChI is InChI=1S/C27H27F3N4O5S/c1-18-24(26(35)34(36)21-7-3-2-4-8-21)32-33(22-9-5-6-19(16-22)17-31)25(18)20-10-12-23(13-11-20)39-40(37,38)15-14-27(28,29)30/h5-6,9-13,16,21,36H,2-4,7-8,14-15H2,1H3. The Morgan fingerprint density at radius 2 is 1.85 bits per heavy atom. The van der Waals surface area contributed by atoms with Gasteiger partial charge in [0.05, 0.1) is 41.2 Å². The predicted octanol–water partition coefficient (Wildman–Crippen LogP) is 5.54. The Labute approximate surface area is 229 Å². The molecule has 1 heterocycles. The third kappa shape index (κ3) is 6.81. The van der Waals surface area contributed by atoms with Gasteiger partial charge in [0.25, 0.3) is 5.91 Å². The van der Waals surface area contributed by atoms with E-state index in [-0.39, 0.29) is 17.5 Å². The number of nitrogens with zero attached hydrogens (tertiary/aromatic N) is 4. The van der Waals surface area contributed by atoms with Gasteiger partial charge >= 0.3 is 16.3 Å². The molecule has 0 radical (unpaired) electrons. The van der Waals surface area contributed by atoms with Gasteiger partial charge in [0.2, 0.25) is 0 Å². The van der Waals surface area contributed by atoms with Crippen molar-refractivity contribution < 1.29 is 35.8 Å². The van der Waals surface area contributed by atoms with Crippen LogP contribution in [0, 0.1) is 18.3 Å². The zero-order valence-electron chi connectivity index (χ0n) is 21.6. The van der Waals surface area contributed by atoms with E-state index in [0.29, 0.717) is 40.9 Å². The Morgan fingerprint density at radius 3 is 2.48 bits per heavy atom. The summed E-state index contributed by atoms with van der Waals surface area (Å²) in [4.78, 5) is 13.3. The Kier molecular flexibility index (Phi) is 8.51. The maximum Gasteiger partial charge on any atom is 0.390 e. The Morgan fingerprint density at radius 1 is 1.18 bits per heavy atom. The van der Waals surface area contributed by atoms with E-state index in [4.69, 9.17) is 4.18 Å². The molecule has 0 saturated heterocycles. The average Bonchev–Trinajstić information content (AvgIpc) is 3.28. The second kappa shape index (κ2) is 11.7. The molecule has 9 nitrogen and oxygen atoms in total. The van der Waals surface area contributed by atoms with E-state index in [1.807, 2.05) is 0 Å². The smallest absolute Gasteiger partial charge is 0.382 e. The molecule has 212 valence electrons. The number of halogens is 3. The van der Waals surface area contributed by atoms with Gasteiger partial charge in [-0.05, 0) is 62.2 Å². The molecule has 0 unspecified atom stereocenters. The van der Waals surface area contributed by atoms with Crippen LogP contribution in [0.5, 0.6) is 5.75 Å². The summed E-state index contributed by atoms with van der Waals surface area (Å²) >= 11 is 0. The van der Waals surface area contributed by atoms with Gasteiger partial charge in [0.15, 0.2) is 5.69 Å². The third-order valence-electron chi connectivity index (χ3n) is 6.66. The molecule has 40 heavy (non-hydrogen) atoms. The number of rotatable bonds is 8. The molecule has 2 aromatic carbocycles. The molecule has 1 saturated carbocycles. The number of alkyl halides is 3. The molecule has 1 aromatic heterocycles. The summed E-state index contributed by atoms with van der Waals surface area (Å²) in [6.07, 6.45) is -2.00. The number of hydrogen-bond acceptors (Lipinski definition) is 7. The summed E-state index contributed by atoms with van der Waals surface area (Å²) in [6, 6.07) is 13.8. The van der Waals surface area contributed by atoms with Crippen LogP contribution in [0.3, 0.4) is 0 Å². The van der Waals surface area contributed by atoms with E-state index in [2.05, 4.69) is 11.2 Å². The van der Waals surface area contributed by atoms with Crippen molar-refractivity contribution in [3.05, 3.63) is 65.4 Å². The normalized spacial score (nSPS) is 14.5. The summed E-state index contributed by atoms with van der Waals surface area (Å²) in [5.74, 6) is -2.07. The fourth-order valence-electron chi connectivity index (χ4n) is 4.63. The van der Waals surface area contributed by atoms with Crippen molar-refractivity contribution >= 4 is 16.0 Å². The molecule has 0 aliphatic heterocycles. The first-order chi connectivity index (χ1) is 18.9. The maximum absolute atomic E-state index is 13.3. The lowest BCUT2D eigenvalue weighted by Crippen LogP contribution is -2.39. The molecule has 1 aliphatic carbocycles. The minimum Gasteiger partial charge on any atom is -0.382 e. The topological polar surface area (TPSA) is 126 Å². The second-order valence-electron chi connectivity index (χ2n) is 9.57. The summed E-state index contributed by atoms with van der Waals surface area (Å²) < 4.78 is 67.6. The Balaban J connectivity index is 1.70. The number of amides is 1. The van der Waals surface area contributed by atoms with Crippen LogP contribution < -0.4 is 4.18 Å². The van der Waals surface area contributed by atoms with Gasteiger partial charge in [-0.25, -0.2) is 9.75 Å². The van der Waals surface area contributed by atoms with Gasteiger partial charge in [-0.3, -0.25) is 10.0 Å². The zero-order chi connectivity index (χ0) is 29.1. The van der Waals surface area contributed by atoms with E-state index in [9.17, 15) is 36.9 Å². The summed E-state index contributed by atoms with van der Waals surface area (Å²) in [5.41, 5.74) is 2.15. The van der Waals surface area contributed by atoms with Crippen molar-refractivity contribution in [3.8, 4) is 28.8 Å². The Hall–Kier alpha value is -3.89. The summed E-state index contributed by atoms with van der Waals surface area (Å²) in [7, 11) is -4.49. The number of aromatic nitrogens is 2. The fourth-order valence-corrected chi connectivity index (χ4v) is 5.60. The molecule has 1 aliphatic rings. The number of hydroxylamine groups is 2. The first-order valence-corrected chi connectivity index (χ1v) is 14.2. The predicted molar refractivity (Wildman–Crippen MR) is 138 cm³/mol. The Bertz CT molecular complexity index is 1520. The molecular weight excluding hydrogens is 549 g/mol. The number of carbonyl (C=O) groups is 1. The number of benzene rings is 2. The third-order valence-corrected chi connectivity index (χ3v) is 7.81. The van der Waals surface area contributed by atoms with E-state index >= 15 is 0 Å². The minimum absolute atomic E-state index is 0.000453. The first kappa shape index (κ1) is 29.1. The van der Waals surface area contributed by atoms with Crippen LogP contribution in [-0.4, -0.2) is 52.3 Å². The highest BCUT2D eigenvalue weighted by atomic mass is 32.2. The highest BCUT2D eigenvalue weighted by Crippen LogP contribution is 2.32. The van der Waals surface area contributed by atoms with Gasteiger partial charge < -0.3 is 4.18 Å². The number of hydrogen-bond donors (Lipinski definition) is 1. The van der Waals surface area contributed by atoms with Crippen molar-refractivity contribution in [2.24, 2.45) is 0 Å². The summed E-state index contributed by atoms with van der Waals surface area (Å²) in [6.45, 7) is 1.65. The fraction of sp³-hybridized carbons (Fsp3) is 0.370. The van der Waals surface area contributed by atoms with E-state index < -0.39 is 34.4 Å². The van der Waals surface area contributed by atoms with Gasteiger partial charge in [-0.1, -0.05) is 25.3 Å². The molecule has 1 N–H and O–H groups in total. The molecular formula is C27H27F3N4O5S. The largest absolute Gasteiger partial charge is 0.390 e. The van der Waals surface area contributed by atoms with Crippen LogP contribution in [0.4, 0.5) is 13.2 Å². The number of nitriles is 1.